The van der Waals surface area contributed by atoms with Gasteiger partial charge in [-0.3, -0.25) is 9.59 Å². The number of likely N-dealkylation sites (tertiary alicyclic amines) is 1. The maximum Gasteiger partial charge on any atom is 0.231 e. The van der Waals surface area contributed by atoms with Crippen LogP contribution in [0.4, 0.5) is 5.69 Å². The smallest absolute Gasteiger partial charge is 0.231 e. The van der Waals surface area contributed by atoms with E-state index in [0.29, 0.717) is 30.3 Å². The average Bonchev–Trinajstić information content (AvgIpc) is 3.50. The van der Waals surface area contributed by atoms with Gasteiger partial charge in [0.25, 0.3) is 0 Å². The molecule has 0 aliphatic carbocycles. The number of hydrogen-bond acceptors (Lipinski definition) is 5. The summed E-state index contributed by atoms with van der Waals surface area (Å²) in [6.07, 6.45) is 3.52. The predicted molar refractivity (Wildman–Crippen MR) is 107 cm³/mol. The molecule has 2 amide bonds. The van der Waals surface area contributed by atoms with Crippen LogP contribution in [0.1, 0.15) is 5.56 Å². The minimum Gasteiger partial charge on any atom is -0.454 e. The summed E-state index contributed by atoms with van der Waals surface area (Å²) in [5.74, 6) is 0.127. The van der Waals surface area contributed by atoms with Crippen molar-refractivity contribution in [2.24, 2.45) is 11.8 Å². The van der Waals surface area contributed by atoms with E-state index in [1.165, 1.54) is 0 Å². The first-order valence-electron chi connectivity index (χ1n) is 10.0. The van der Waals surface area contributed by atoms with Gasteiger partial charge < -0.3 is 24.4 Å². The third-order valence-corrected chi connectivity index (χ3v) is 6.33. The Morgan fingerprint density at radius 1 is 1.13 bits per heavy atom. The fraction of sp³-hybridized carbons (Fsp3) is 0.304. The van der Waals surface area contributed by atoms with Crippen LogP contribution in [0.3, 0.4) is 0 Å². The van der Waals surface area contributed by atoms with E-state index in [1.807, 2.05) is 60.7 Å². The zero-order valence-corrected chi connectivity index (χ0v) is 16.1. The lowest BCUT2D eigenvalue weighted by atomic mass is 9.77. The van der Waals surface area contributed by atoms with E-state index in [2.05, 4.69) is 5.32 Å². The van der Waals surface area contributed by atoms with Gasteiger partial charge in [0.1, 0.15) is 5.60 Å². The summed E-state index contributed by atoms with van der Waals surface area (Å²) in [5.41, 5.74) is 0.940. The molecule has 4 aliphatic rings. The van der Waals surface area contributed by atoms with Gasteiger partial charge in [-0.25, -0.2) is 0 Å². The summed E-state index contributed by atoms with van der Waals surface area (Å²) >= 11 is 0. The number of nitrogens with zero attached hydrogens (tertiary/aromatic N) is 1. The number of fused-ring (bicyclic) bond motifs is 2. The number of nitrogens with one attached hydrogen (secondary N) is 1. The Bertz CT molecular complexity index is 1070. The van der Waals surface area contributed by atoms with Crippen molar-refractivity contribution in [3.63, 3.8) is 0 Å². The minimum absolute atomic E-state index is 0.0484. The fourth-order valence-corrected chi connectivity index (χ4v) is 5.02. The molecule has 0 aromatic heterocycles. The molecule has 4 heterocycles. The molecule has 2 aromatic rings. The van der Waals surface area contributed by atoms with Crippen LogP contribution in [-0.2, 0) is 20.9 Å². The highest BCUT2D eigenvalue weighted by atomic mass is 16.7. The topological polar surface area (TPSA) is 77.1 Å². The van der Waals surface area contributed by atoms with E-state index in [1.54, 1.807) is 4.90 Å². The molecular weight excluding hydrogens is 384 g/mol. The molecule has 7 heteroatoms. The van der Waals surface area contributed by atoms with Gasteiger partial charge in [-0.05, 0) is 29.8 Å². The Morgan fingerprint density at radius 3 is 2.83 bits per heavy atom. The summed E-state index contributed by atoms with van der Waals surface area (Å²) in [5, 5.41) is 2.94. The second-order valence-corrected chi connectivity index (χ2v) is 8.14. The highest BCUT2D eigenvalue weighted by Crippen LogP contribution is 2.52. The Balaban J connectivity index is 1.24. The van der Waals surface area contributed by atoms with E-state index in [0.717, 1.165) is 5.56 Å². The van der Waals surface area contributed by atoms with Crippen molar-refractivity contribution >= 4 is 17.5 Å². The number of anilines is 1. The number of ether oxygens (including phenoxy) is 3. The second kappa shape index (κ2) is 6.34. The normalized spacial score (nSPS) is 30.1. The Labute approximate surface area is 173 Å². The molecule has 3 unspecified atom stereocenters. The van der Waals surface area contributed by atoms with Gasteiger partial charge >= 0.3 is 0 Å². The molecule has 30 heavy (non-hydrogen) atoms. The van der Waals surface area contributed by atoms with Crippen LogP contribution in [0.15, 0.2) is 60.7 Å². The van der Waals surface area contributed by atoms with Gasteiger partial charge in [-0.1, -0.05) is 36.4 Å². The number of rotatable bonds is 4. The fourth-order valence-electron chi connectivity index (χ4n) is 5.02. The molecule has 0 radical (unpaired) electrons. The lowest BCUT2D eigenvalue weighted by molar-refractivity contribution is -0.136. The molecule has 6 rings (SSSR count). The standard InChI is InChI=1S/C23H20N2O5/c26-21(24-15-4-2-1-3-5-15)19-17-8-9-23(30-17)12-25(22(27)20(19)23)11-14-6-7-16-18(10-14)29-13-28-16/h1-10,17,19-20H,11-13H2,(H,24,26)/t17?,19?,20?,23-/m1/s1. The zero-order chi connectivity index (χ0) is 20.3. The maximum absolute atomic E-state index is 13.4. The summed E-state index contributed by atoms with van der Waals surface area (Å²) in [4.78, 5) is 28.2. The highest BCUT2D eigenvalue weighted by molar-refractivity contribution is 5.99. The molecular formula is C23H20N2O5. The van der Waals surface area contributed by atoms with E-state index >= 15 is 0 Å². The van der Waals surface area contributed by atoms with Crippen molar-refractivity contribution < 1.29 is 23.8 Å². The zero-order valence-electron chi connectivity index (χ0n) is 16.1. The molecule has 4 aliphatic heterocycles. The molecule has 4 atom stereocenters. The molecule has 7 nitrogen and oxygen atoms in total. The Morgan fingerprint density at radius 2 is 1.97 bits per heavy atom. The van der Waals surface area contributed by atoms with Gasteiger partial charge in [0.05, 0.1) is 24.5 Å². The second-order valence-electron chi connectivity index (χ2n) is 8.14. The lowest BCUT2D eigenvalue weighted by Crippen LogP contribution is -2.41. The van der Waals surface area contributed by atoms with Crippen molar-refractivity contribution in [2.75, 3.05) is 18.7 Å². The van der Waals surface area contributed by atoms with Crippen molar-refractivity contribution in [2.45, 2.75) is 18.2 Å². The first-order valence-corrected chi connectivity index (χ1v) is 10.0. The van der Waals surface area contributed by atoms with Crippen molar-refractivity contribution in [1.82, 2.24) is 4.90 Å². The van der Waals surface area contributed by atoms with Crippen LogP contribution in [0.25, 0.3) is 0 Å². The quantitative estimate of drug-likeness (QED) is 0.792. The van der Waals surface area contributed by atoms with Crippen LogP contribution in [-0.4, -0.2) is 41.8 Å². The van der Waals surface area contributed by atoms with E-state index in [-0.39, 0.29) is 24.7 Å². The molecule has 2 saturated heterocycles. The Kier molecular flexibility index (Phi) is 3.70. The lowest BCUT2D eigenvalue weighted by Gasteiger charge is -2.23. The molecule has 2 fully saturated rings. The van der Waals surface area contributed by atoms with Gasteiger partial charge in [-0.15, -0.1) is 0 Å². The van der Waals surface area contributed by atoms with Crippen molar-refractivity contribution in [1.29, 1.82) is 0 Å². The summed E-state index contributed by atoms with van der Waals surface area (Å²) in [7, 11) is 0. The third kappa shape index (κ3) is 2.55. The highest BCUT2D eigenvalue weighted by Gasteiger charge is 2.66. The van der Waals surface area contributed by atoms with Gasteiger partial charge in [0.15, 0.2) is 11.5 Å². The largest absolute Gasteiger partial charge is 0.454 e. The summed E-state index contributed by atoms with van der Waals surface area (Å²) in [6, 6.07) is 15.0. The van der Waals surface area contributed by atoms with Gasteiger partial charge in [-0.2, -0.15) is 0 Å². The molecule has 152 valence electrons. The number of amides is 2. The van der Waals surface area contributed by atoms with Gasteiger partial charge in [0.2, 0.25) is 18.6 Å². The summed E-state index contributed by atoms with van der Waals surface area (Å²) in [6.45, 7) is 1.08. The van der Waals surface area contributed by atoms with Crippen molar-refractivity contribution in [3.05, 3.63) is 66.2 Å². The van der Waals surface area contributed by atoms with Gasteiger partial charge in [0, 0.05) is 12.2 Å². The molecule has 0 saturated carbocycles. The van der Waals surface area contributed by atoms with Crippen LogP contribution < -0.4 is 14.8 Å². The van der Waals surface area contributed by atoms with Crippen molar-refractivity contribution in [3.8, 4) is 11.5 Å². The maximum atomic E-state index is 13.4. The SMILES string of the molecule is O=C(Nc1ccccc1)C1C2C=C[C@]3(CN(Cc4ccc5c(c4)OCO5)C(=O)C13)O2. The number of para-hydroxylation sites is 1. The van der Waals surface area contributed by atoms with E-state index in [9.17, 15) is 9.59 Å². The number of benzene rings is 2. The molecule has 1 spiro atoms. The number of hydrogen-bond donors (Lipinski definition) is 1. The number of carbonyl (C=O) groups excluding carboxylic acids is 2. The summed E-state index contributed by atoms with van der Waals surface area (Å²) < 4.78 is 17.0. The van der Waals surface area contributed by atoms with Crippen LogP contribution in [0.2, 0.25) is 0 Å². The number of carbonyl (C=O) groups is 2. The minimum atomic E-state index is -0.725. The molecule has 2 aromatic carbocycles. The monoisotopic (exact) mass is 404 g/mol. The predicted octanol–water partition coefficient (Wildman–Crippen LogP) is 2.34. The van der Waals surface area contributed by atoms with Crippen LogP contribution >= 0.6 is 0 Å². The van der Waals surface area contributed by atoms with E-state index < -0.39 is 17.4 Å². The third-order valence-electron chi connectivity index (χ3n) is 6.33. The van der Waals surface area contributed by atoms with Crippen LogP contribution in [0, 0.1) is 11.8 Å². The Hall–Kier alpha value is -3.32. The first-order chi connectivity index (χ1) is 14.6. The average molecular weight is 404 g/mol. The van der Waals surface area contributed by atoms with E-state index in [4.69, 9.17) is 14.2 Å². The molecule has 2 bridgehead atoms. The first kappa shape index (κ1) is 17.5. The van der Waals surface area contributed by atoms with Crippen LogP contribution in [0.5, 0.6) is 11.5 Å². The molecule has 1 N–H and O–H groups in total.